The van der Waals surface area contributed by atoms with Crippen LogP contribution in [0.5, 0.6) is 0 Å². The van der Waals surface area contributed by atoms with Crippen LogP contribution in [0.3, 0.4) is 0 Å². The van der Waals surface area contributed by atoms with Crippen LogP contribution in [-0.2, 0) is 0 Å². The number of aromatic nitrogens is 4. The number of para-hydroxylation sites is 1. The van der Waals surface area contributed by atoms with Crippen molar-refractivity contribution in [3.05, 3.63) is 194 Å². The van der Waals surface area contributed by atoms with Crippen molar-refractivity contribution in [1.82, 2.24) is 19.5 Å². The van der Waals surface area contributed by atoms with Crippen molar-refractivity contribution in [3.63, 3.8) is 0 Å². The van der Waals surface area contributed by atoms with Gasteiger partial charge in [-0.25, -0.2) is 15.0 Å². The number of rotatable bonds is 6. The molecule has 0 aliphatic rings. The van der Waals surface area contributed by atoms with Gasteiger partial charge in [-0.15, -0.1) is 11.3 Å². The Morgan fingerprint density at radius 1 is 0.304 bits per heavy atom. The van der Waals surface area contributed by atoms with Gasteiger partial charge in [0.25, 0.3) is 0 Å². The lowest BCUT2D eigenvalue weighted by atomic mass is 10.0. The van der Waals surface area contributed by atoms with Crippen molar-refractivity contribution >= 4 is 53.3 Å². The minimum absolute atomic E-state index is 0.650. The fraction of sp³-hybridized carbons (Fsp3) is 0. The summed E-state index contributed by atoms with van der Waals surface area (Å²) in [6, 6.07) is 68.7. The maximum atomic E-state index is 5.07. The van der Waals surface area contributed by atoms with Crippen LogP contribution in [0.2, 0.25) is 0 Å². The molecule has 11 aromatic rings. The number of hydrogen-bond donors (Lipinski definition) is 0. The van der Waals surface area contributed by atoms with Crippen molar-refractivity contribution in [2.24, 2.45) is 0 Å². The second-order valence-electron chi connectivity index (χ2n) is 14.1. The van der Waals surface area contributed by atoms with Gasteiger partial charge in [-0.05, 0) is 64.7 Å². The van der Waals surface area contributed by atoms with E-state index in [0.717, 1.165) is 27.9 Å². The summed E-state index contributed by atoms with van der Waals surface area (Å²) in [5.74, 6) is 1.96. The molecule has 0 aliphatic heterocycles. The second kappa shape index (κ2) is 13.3. The first-order valence-electron chi connectivity index (χ1n) is 18.8. The molecular formula is C51H32N4S. The Balaban J connectivity index is 1.01. The number of thiophene rings is 1. The molecule has 262 valence electrons. The van der Waals surface area contributed by atoms with Crippen molar-refractivity contribution in [3.8, 4) is 62.1 Å². The molecule has 0 bridgehead atoms. The predicted octanol–water partition coefficient (Wildman–Crippen LogP) is 13.7. The fourth-order valence-electron chi connectivity index (χ4n) is 7.90. The molecule has 5 heteroatoms. The van der Waals surface area contributed by atoms with Gasteiger partial charge >= 0.3 is 0 Å². The summed E-state index contributed by atoms with van der Waals surface area (Å²) < 4.78 is 4.84. The third-order valence-electron chi connectivity index (χ3n) is 10.7. The number of nitrogens with zero attached hydrogens (tertiary/aromatic N) is 4. The summed E-state index contributed by atoms with van der Waals surface area (Å²) in [4.78, 5) is 15.1. The molecule has 0 spiro atoms. The van der Waals surface area contributed by atoms with E-state index in [0.29, 0.717) is 17.5 Å². The Hall–Kier alpha value is -7.21. The molecule has 0 saturated heterocycles. The fourth-order valence-corrected chi connectivity index (χ4v) is 9.02. The van der Waals surface area contributed by atoms with Crippen LogP contribution in [0.1, 0.15) is 0 Å². The molecule has 0 atom stereocenters. The number of fused-ring (bicyclic) bond motifs is 6. The standard InChI is InChI=1S/C51H32N4S/c1-4-12-33(13-5-1)35-20-22-37(23-21-35)50-52-49(36-16-8-3-9-17-36)53-51(54-50)39-24-27-42-44-32-40(26-29-47(44)56-48(42)31-39)55-45-19-11-10-18-41(45)43-30-38(25-28-46(43)55)34-14-6-2-7-15-34/h1-32H. The van der Waals surface area contributed by atoms with Crippen LogP contribution in [0.4, 0.5) is 0 Å². The van der Waals surface area contributed by atoms with Gasteiger partial charge in [-0.2, -0.15) is 0 Å². The molecule has 0 N–H and O–H groups in total. The number of hydrogen-bond acceptors (Lipinski definition) is 4. The van der Waals surface area contributed by atoms with Crippen LogP contribution in [0, 0.1) is 0 Å². The van der Waals surface area contributed by atoms with E-state index in [4.69, 9.17) is 15.0 Å². The van der Waals surface area contributed by atoms with Gasteiger partial charge in [-0.3, -0.25) is 0 Å². The highest BCUT2D eigenvalue weighted by Crippen LogP contribution is 2.40. The predicted molar refractivity (Wildman–Crippen MR) is 234 cm³/mol. The lowest BCUT2D eigenvalue weighted by Gasteiger charge is -2.10. The first-order valence-corrected chi connectivity index (χ1v) is 19.6. The average molecular weight is 733 g/mol. The first-order chi connectivity index (χ1) is 27.7. The summed E-state index contributed by atoms with van der Waals surface area (Å²) in [6.45, 7) is 0. The Kier molecular flexibility index (Phi) is 7.64. The summed E-state index contributed by atoms with van der Waals surface area (Å²) in [5, 5.41) is 4.96. The van der Waals surface area contributed by atoms with Crippen LogP contribution in [0.25, 0.3) is 104 Å². The van der Waals surface area contributed by atoms with E-state index in [2.05, 4.69) is 162 Å². The minimum atomic E-state index is 0.650. The average Bonchev–Trinajstić information content (AvgIpc) is 3.81. The molecule has 3 heterocycles. The van der Waals surface area contributed by atoms with E-state index in [9.17, 15) is 0 Å². The molecule has 3 aromatic heterocycles. The summed E-state index contributed by atoms with van der Waals surface area (Å²) in [7, 11) is 0. The van der Waals surface area contributed by atoms with Crippen LogP contribution >= 0.6 is 11.3 Å². The molecule has 0 unspecified atom stereocenters. The van der Waals surface area contributed by atoms with Gasteiger partial charge in [-0.1, -0.05) is 152 Å². The van der Waals surface area contributed by atoms with E-state index in [1.807, 2.05) is 36.4 Å². The SMILES string of the molecule is c1ccc(-c2ccc(-c3nc(-c4ccccc4)nc(-c4ccc5c(c4)sc4ccc(-n6c7ccccc7c7cc(-c8ccccc8)ccc76)cc45)n3)cc2)cc1. The molecule has 11 rings (SSSR count). The zero-order valence-corrected chi connectivity index (χ0v) is 31.0. The summed E-state index contributed by atoms with van der Waals surface area (Å²) >= 11 is 1.80. The lowest BCUT2D eigenvalue weighted by molar-refractivity contribution is 1.07. The van der Waals surface area contributed by atoms with Crippen LogP contribution in [-0.4, -0.2) is 19.5 Å². The maximum absolute atomic E-state index is 5.07. The Morgan fingerprint density at radius 2 is 0.821 bits per heavy atom. The van der Waals surface area contributed by atoms with E-state index < -0.39 is 0 Å². The Labute approximate surface area is 327 Å². The normalized spacial score (nSPS) is 11.6. The van der Waals surface area contributed by atoms with Gasteiger partial charge < -0.3 is 4.57 Å². The van der Waals surface area contributed by atoms with Gasteiger partial charge in [0, 0.05) is 53.3 Å². The van der Waals surface area contributed by atoms with E-state index in [1.165, 1.54) is 58.7 Å². The zero-order chi connectivity index (χ0) is 37.0. The van der Waals surface area contributed by atoms with Gasteiger partial charge in [0.05, 0.1) is 11.0 Å². The Bertz CT molecular complexity index is 3220. The third kappa shape index (κ3) is 5.56. The van der Waals surface area contributed by atoms with Crippen molar-refractivity contribution in [2.75, 3.05) is 0 Å². The topological polar surface area (TPSA) is 43.6 Å². The maximum Gasteiger partial charge on any atom is 0.164 e. The Morgan fingerprint density at radius 3 is 1.54 bits per heavy atom. The van der Waals surface area contributed by atoms with Crippen molar-refractivity contribution in [1.29, 1.82) is 0 Å². The van der Waals surface area contributed by atoms with E-state index in [-0.39, 0.29) is 0 Å². The number of benzene rings is 8. The highest BCUT2D eigenvalue weighted by molar-refractivity contribution is 7.25. The summed E-state index contributed by atoms with van der Waals surface area (Å²) in [6.07, 6.45) is 0. The molecule has 0 aliphatic carbocycles. The van der Waals surface area contributed by atoms with Crippen molar-refractivity contribution < 1.29 is 0 Å². The minimum Gasteiger partial charge on any atom is -0.309 e. The first kappa shape index (κ1) is 32.2. The highest BCUT2D eigenvalue weighted by Gasteiger charge is 2.17. The largest absolute Gasteiger partial charge is 0.309 e. The van der Waals surface area contributed by atoms with E-state index >= 15 is 0 Å². The summed E-state index contributed by atoms with van der Waals surface area (Å²) in [5.41, 5.74) is 11.2. The highest BCUT2D eigenvalue weighted by atomic mass is 32.1. The molecule has 0 fully saturated rings. The molecular weight excluding hydrogens is 701 g/mol. The molecule has 56 heavy (non-hydrogen) atoms. The molecule has 0 amide bonds. The van der Waals surface area contributed by atoms with Gasteiger partial charge in [0.1, 0.15) is 0 Å². The molecule has 0 saturated carbocycles. The third-order valence-corrected chi connectivity index (χ3v) is 11.8. The zero-order valence-electron chi connectivity index (χ0n) is 30.2. The van der Waals surface area contributed by atoms with Gasteiger partial charge in [0.15, 0.2) is 17.5 Å². The van der Waals surface area contributed by atoms with Crippen LogP contribution < -0.4 is 0 Å². The smallest absolute Gasteiger partial charge is 0.164 e. The monoisotopic (exact) mass is 732 g/mol. The lowest BCUT2D eigenvalue weighted by Crippen LogP contribution is -2.00. The molecule has 0 radical (unpaired) electrons. The molecule has 8 aromatic carbocycles. The second-order valence-corrected chi connectivity index (χ2v) is 15.1. The van der Waals surface area contributed by atoms with Gasteiger partial charge in [0.2, 0.25) is 0 Å². The van der Waals surface area contributed by atoms with Crippen LogP contribution in [0.15, 0.2) is 194 Å². The van der Waals surface area contributed by atoms with E-state index in [1.54, 1.807) is 11.3 Å². The quantitative estimate of drug-likeness (QED) is 0.171. The molecule has 4 nitrogen and oxygen atoms in total. The van der Waals surface area contributed by atoms with Crippen molar-refractivity contribution in [2.45, 2.75) is 0 Å².